The molecule has 0 aromatic carbocycles. The standard InChI is InChI=1S/C9H13F2NOS/c10-9(11)4-7(9)8(13)12-6-2-1-3-14-5-6/h6-7H,1-5H2,(H,12,13)/t6-,7-/m0/s1. The second kappa shape index (κ2) is 3.68. The molecule has 1 aliphatic heterocycles. The zero-order chi connectivity index (χ0) is 10.2. The average Bonchev–Trinajstić information content (AvgIpc) is 2.77. The van der Waals surface area contributed by atoms with E-state index in [-0.39, 0.29) is 12.5 Å². The van der Waals surface area contributed by atoms with Gasteiger partial charge < -0.3 is 5.32 Å². The lowest BCUT2D eigenvalue weighted by atomic mass is 10.2. The van der Waals surface area contributed by atoms with Crippen LogP contribution in [-0.4, -0.2) is 29.4 Å². The Bertz CT molecular complexity index is 241. The van der Waals surface area contributed by atoms with Crippen molar-refractivity contribution in [3.05, 3.63) is 0 Å². The van der Waals surface area contributed by atoms with Gasteiger partial charge in [0.2, 0.25) is 5.91 Å². The topological polar surface area (TPSA) is 29.1 Å². The first-order chi connectivity index (χ1) is 6.59. The first-order valence-corrected chi connectivity index (χ1v) is 6.01. The highest BCUT2D eigenvalue weighted by molar-refractivity contribution is 7.99. The number of nitrogens with one attached hydrogen (secondary N) is 1. The fourth-order valence-electron chi connectivity index (χ4n) is 1.65. The number of carbonyl (C=O) groups excluding carboxylic acids is 1. The van der Waals surface area contributed by atoms with Crippen LogP contribution in [0.4, 0.5) is 8.78 Å². The molecule has 1 heterocycles. The monoisotopic (exact) mass is 221 g/mol. The van der Waals surface area contributed by atoms with E-state index in [1.807, 2.05) is 0 Å². The summed E-state index contributed by atoms with van der Waals surface area (Å²) in [6, 6.07) is 0.109. The molecule has 2 aliphatic rings. The van der Waals surface area contributed by atoms with E-state index in [0.29, 0.717) is 0 Å². The van der Waals surface area contributed by atoms with Crippen molar-refractivity contribution in [2.45, 2.75) is 31.2 Å². The fourth-order valence-corrected chi connectivity index (χ4v) is 2.73. The van der Waals surface area contributed by atoms with Crippen molar-refractivity contribution in [3.63, 3.8) is 0 Å². The molecule has 14 heavy (non-hydrogen) atoms. The molecular weight excluding hydrogens is 208 g/mol. The third-order valence-corrected chi connectivity index (χ3v) is 3.86. The smallest absolute Gasteiger partial charge is 0.260 e. The number of thioether (sulfide) groups is 1. The van der Waals surface area contributed by atoms with Gasteiger partial charge in [0, 0.05) is 18.2 Å². The largest absolute Gasteiger partial charge is 0.352 e. The van der Waals surface area contributed by atoms with E-state index in [0.717, 1.165) is 24.3 Å². The third-order valence-electron chi connectivity index (χ3n) is 2.65. The summed E-state index contributed by atoms with van der Waals surface area (Å²) in [6.07, 6.45) is 1.73. The number of carbonyl (C=O) groups is 1. The van der Waals surface area contributed by atoms with Gasteiger partial charge in [0.05, 0.1) is 0 Å². The van der Waals surface area contributed by atoms with Crippen LogP contribution in [0.15, 0.2) is 0 Å². The predicted octanol–water partition coefficient (Wildman–Crippen LogP) is 1.65. The predicted molar refractivity (Wildman–Crippen MR) is 51.5 cm³/mol. The molecule has 0 bridgehead atoms. The van der Waals surface area contributed by atoms with Gasteiger partial charge in [0.25, 0.3) is 5.92 Å². The molecule has 1 aliphatic carbocycles. The lowest BCUT2D eigenvalue weighted by Crippen LogP contribution is -2.40. The van der Waals surface area contributed by atoms with Crippen LogP contribution < -0.4 is 5.32 Å². The van der Waals surface area contributed by atoms with Gasteiger partial charge in [0.15, 0.2) is 0 Å². The van der Waals surface area contributed by atoms with Crippen molar-refractivity contribution < 1.29 is 13.6 Å². The van der Waals surface area contributed by atoms with Crippen molar-refractivity contribution >= 4 is 17.7 Å². The molecule has 1 amide bonds. The van der Waals surface area contributed by atoms with E-state index >= 15 is 0 Å². The molecule has 0 aromatic rings. The summed E-state index contributed by atoms with van der Waals surface area (Å²) in [5.74, 6) is -2.25. The molecule has 1 saturated heterocycles. The summed E-state index contributed by atoms with van der Waals surface area (Å²) < 4.78 is 25.1. The molecule has 0 aromatic heterocycles. The highest BCUT2D eigenvalue weighted by Crippen LogP contribution is 2.48. The SMILES string of the molecule is O=C(N[C@H]1CCCSC1)[C@@H]1CC1(F)F. The number of rotatable bonds is 2. The van der Waals surface area contributed by atoms with Crippen LogP contribution in [0.1, 0.15) is 19.3 Å². The summed E-state index contributed by atoms with van der Waals surface area (Å²) in [6.45, 7) is 0. The molecule has 5 heteroatoms. The fraction of sp³-hybridized carbons (Fsp3) is 0.889. The maximum Gasteiger partial charge on any atom is 0.260 e. The summed E-state index contributed by atoms with van der Waals surface area (Å²) in [5, 5.41) is 2.70. The third kappa shape index (κ3) is 2.19. The van der Waals surface area contributed by atoms with Gasteiger partial charge in [-0.1, -0.05) is 0 Å². The molecule has 0 unspecified atom stereocenters. The van der Waals surface area contributed by atoms with E-state index in [9.17, 15) is 13.6 Å². The summed E-state index contributed by atoms with van der Waals surface area (Å²) >= 11 is 1.77. The Kier molecular flexibility index (Phi) is 2.68. The van der Waals surface area contributed by atoms with Gasteiger partial charge in [-0.2, -0.15) is 11.8 Å². The molecule has 80 valence electrons. The maximum atomic E-state index is 12.5. The Morgan fingerprint density at radius 3 is 2.71 bits per heavy atom. The van der Waals surface area contributed by atoms with Crippen LogP contribution in [0.5, 0.6) is 0 Å². The Morgan fingerprint density at radius 1 is 1.50 bits per heavy atom. The Hall–Kier alpha value is -0.320. The molecule has 2 nitrogen and oxygen atoms in total. The summed E-state index contributed by atoms with van der Waals surface area (Å²) in [7, 11) is 0. The quantitative estimate of drug-likeness (QED) is 0.768. The van der Waals surface area contributed by atoms with Crippen molar-refractivity contribution in [3.8, 4) is 0 Å². The van der Waals surface area contributed by atoms with Gasteiger partial charge in [-0.15, -0.1) is 0 Å². The number of hydrogen-bond acceptors (Lipinski definition) is 2. The summed E-state index contributed by atoms with van der Waals surface area (Å²) in [5.41, 5.74) is 0. The molecule has 0 radical (unpaired) electrons. The number of hydrogen-bond donors (Lipinski definition) is 1. The lowest BCUT2D eigenvalue weighted by Gasteiger charge is -2.22. The molecule has 1 N–H and O–H groups in total. The minimum absolute atomic E-state index is 0.109. The van der Waals surface area contributed by atoms with E-state index < -0.39 is 17.7 Å². The van der Waals surface area contributed by atoms with Gasteiger partial charge in [0.1, 0.15) is 5.92 Å². The minimum atomic E-state index is -2.73. The molecule has 1 saturated carbocycles. The second-order valence-corrected chi connectivity index (χ2v) is 5.09. The van der Waals surface area contributed by atoms with Crippen LogP contribution in [0.3, 0.4) is 0 Å². The van der Waals surface area contributed by atoms with E-state index in [4.69, 9.17) is 0 Å². The lowest BCUT2D eigenvalue weighted by molar-refractivity contribution is -0.125. The van der Waals surface area contributed by atoms with Gasteiger partial charge >= 0.3 is 0 Å². The molecule has 0 spiro atoms. The van der Waals surface area contributed by atoms with E-state index in [1.54, 1.807) is 11.8 Å². The second-order valence-electron chi connectivity index (χ2n) is 3.94. The van der Waals surface area contributed by atoms with Crippen LogP contribution in [-0.2, 0) is 4.79 Å². The first kappa shape index (κ1) is 10.2. The Labute approximate surface area is 85.8 Å². The van der Waals surface area contributed by atoms with Crippen LogP contribution in [0.25, 0.3) is 0 Å². The van der Waals surface area contributed by atoms with Crippen molar-refractivity contribution in [2.75, 3.05) is 11.5 Å². The van der Waals surface area contributed by atoms with Crippen molar-refractivity contribution in [2.24, 2.45) is 5.92 Å². The maximum absolute atomic E-state index is 12.5. The Morgan fingerprint density at radius 2 is 2.21 bits per heavy atom. The zero-order valence-corrected chi connectivity index (χ0v) is 8.58. The van der Waals surface area contributed by atoms with Gasteiger partial charge in [-0.3, -0.25) is 4.79 Å². The van der Waals surface area contributed by atoms with Crippen LogP contribution in [0, 0.1) is 5.92 Å². The normalized spacial score (nSPS) is 35.0. The molecular formula is C9H13F2NOS. The average molecular weight is 221 g/mol. The van der Waals surface area contributed by atoms with Gasteiger partial charge in [-0.05, 0) is 18.6 Å². The number of alkyl halides is 2. The van der Waals surface area contributed by atoms with Crippen LogP contribution >= 0.6 is 11.8 Å². The summed E-state index contributed by atoms with van der Waals surface area (Å²) in [4.78, 5) is 11.3. The molecule has 2 fully saturated rings. The zero-order valence-electron chi connectivity index (χ0n) is 7.76. The molecule has 2 rings (SSSR count). The first-order valence-electron chi connectivity index (χ1n) is 4.85. The number of halogens is 2. The van der Waals surface area contributed by atoms with Crippen molar-refractivity contribution in [1.29, 1.82) is 0 Å². The molecule has 2 atom stereocenters. The van der Waals surface area contributed by atoms with E-state index in [2.05, 4.69) is 5.32 Å². The highest BCUT2D eigenvalue weighted by Gasteiger charge is 2.61. The van der Waals surface area contributed by atoms with Crippen LogP contribution in [0.2, 0.25) is 0 Å². The number of amides is 1. The van der Waals surface area contributed by atoms with Crippen molar-refractivity contribution in [1.82, 2.24) is 5.32 Å². The highest BCUT2D eigenvalue weighted by atomic mass is 32.2. The van der Waals surface area contributed by atoms with Gasteiger partial charge in [-0.25, -0.2) is 8.78 Å². The minimum Gasteiger partial charge on any atom is -0.352 e. The van der Waals surface area contributed by atoms with E-state index in [1.165, 1.54) is 0 Å². The Balaban J connectivity index is 1.77.